The van der Waals surface area contributed by atoms with Crippen LogP contribution < -0.4 is 0 Å². The second kappa shape index (κ2) is 7.24. The minimum atomic E-state index is -3.45. The van der Waals surface area contributed by atoms with Crippen molar-refractivity contribution in [2.75, 3.05) is 11.9 Å². The maximum absolute atomic E-state index is 12.8. The number of aryl methyl sites for hydroxylation is 2. The maximum atomic E-state index is 12.8. The SMILES string of the molecule is CCCn1cc(S(=O)(=O)N2CCCC2CCCBr)nc1C. The molecule has 1 fully saturated rings. The minimum absolute atomic E-state index is 0.129. The van der Waals surface area contributed by atoms with E-state index in [0.717, 1.165) is 49.8 Å². The largest absolute Gasteiger partial charge is 0.334 e. The zero-order valence-electron chi connectivity index (χ0n) is 12.8. The molecule has 1 atom stereocenters. The second-order valence-corrected chi connectivity index (χ2v) is 8.19. The zero-order valence-corrected chi connectivity index (χ0v) is 15.2. The Labute approximate surface area is 135 Å². The predicted molar refractivity (Wildman–Crippen MR) is 87.2 cm³/mol. The van der Waals surface area contributed by atoms with Crippen molar-refractivity contribution in [3.8, 4) is 0 Å². The van der Waals surface area contributed by atoms with Gasteiger partial charge in [0.15, 0.2) is 5.03 Å². The Hall–Kier alpha value is -0.400. The number of sulfonamides is 1. The van der Waals surface area contributed by atoms with E-state index in [1.807, 2.05) is 11.5 Å². The standard InChI is InChI=1S/C14H24BrN3O2S/c1-3-9-17-11-14(16-12(17)2)21(19,20)18-10-5-7-13(18)6-4-8-15/h11,13H,3-10H2,1-2H3. The summed E-state index contributed by atoms with van der Waals surface area (Å²) in [5.41, 5.74) is 0. The Kier molecular flexibility index (Phi) is 5.85. The van der Waals surface area contributed by atoms with Crippen LogP contribution in [0.3, 0.4) is 0 Å². The normalized spacial score (nSPS) is 20.2. The molecule has 1 saturated heterocycles. The number of aromatic nitrogens is 2. The van der Waals surface area contributed by atoms with E-state index in [-0.39, 0.29) is 11.1 Å². The molecule has 2 heterocycles. The average Bonchev–Trinajstić information content (AvgIpc) is 3.05. The number of halogens is 1. The number of imidazole rings is 1. The monoisotopic (exact) mass is 377 g/mol. The average molecular weight is 378 g/mol. The van der Waals surface area contributed by atoms with Crippen LogP contribution >= 0.6 is 15.9 Å². The maximum Gasteiger partial charge on any atom is 0.262 e. The van der Waals surface area contributed by atoms with Crippen molar-refractivity contribution in [2.45, 2.75) is 63.6 Å². The van der Waals surface area contributed by atoms with Crippen LogP contribution in [0.1, 0.15) is 44.9 Å². The van der Waals surface area contributed by atoms with Crippen LogP contribution in [-0.2, 0) is 16.6 Å². The summed E-state index contributed by atoms with van der Waals surface area (Å²) in [5, 5.41) is 1.13. The first-order valence-electron chi connectivity index (χ1n) is 7.62. The van der Waals surface area contributed by atoms with Crippen molar-refractivity contribution in [2.24, 2.45) is 0 Å². The van der Waals surface area contributed by atoms with Gasteiger partial charge < -0.3 is 4.57 Å². The van der Waals surface area contributed by atoms with E-state index in [1.165, 1.54) is 0 Å². The van der Waals surface area contributed by atoms with Gasteiger partial charge in [-0.3, -0.25) is 0 Å². The molecular formula is C14H24BrN3O2S. The molecule has 21 heavy (non-hydrogen) atoms. The summed E-state index contributed by atoms with van der Waals surface area (Å²) in [6.07, 6.45) is 6.48. The van der Waals surface area contributed by atoms with E-state index < -0.39 is 10.0 Å². The van der Waals surface area contributed by atoms with Gasteiger partial charge in [-0.05, 0) is 39.0 Å². The summed E-state index contributed by atoms with van der Waals surface area (Å²) in [4.78, 5) is 4.28. The first kappa shape index (κ1) is 17.0. The Morgan fingerprint density at radius 2 is 2.24 bits per heavy atom. The number of rotatable bonds is 7. The Morgan fingerprint density at radius 3 is 2.90 bits per heavy atom. The predicted octanol–water partition coefficient (Wildman–Crippen LogP) is 2.93. The van der Waals surface area contributed by atoms with Crippen LogP contribution in [0.4, 0.5) is 0 Å². The summed E-state index contributed by atoms with van der Waals surface area (Å²) in [6, 6.07) is 0.129. The summed E-state index contributed by atoms with van der Waals surface area (Å²) in [7, 11) is -3.45. The molecule has 0 radical (unpaired) electrons. The molecule has 0 spiro atoms. The van der Waals surface area contributed by atoms with Gasteiger partial charge in [0.1, 0.15) is 5.82 Å². The van der Waals surface area contributed by atoms with E-state index in [1.54, 1.807) is 10.5 Å². The van der Waals surface area contributed by atoms with Crippen LogP contribution in [0.25, 0.3) is 0 Å². The van der Waals surface area contributed by atoms with E-state index >= 15 is 0 Å². The molecule has 7 heteroatoms. The Balaban J connectivity index is 2.22. The van der Waals surface area contributed by atoms with Crippen molar-refractivity contribution in [1.29, 1.82) is 0 Å². The molecule has 0 amide bonds. The molecule has 0 bridgehead atoms. The summed E-state index contributed by atoms with van der Waals surface area (Å²) in [6.45, 7) is 5.36. The lowest BCUT2D eigenvalue weighted by molar-refractivity contribution is 0.368. The van der Waals surface area contributed by atoms with Crippen LogP contribution in [-0.4, -0.2) is 40.2 Å². The molecule has 120 valence electrons. The van der Waals surface area contributed by atoms with Crippen LogP contribution in [0.5, 0.6) is 0 Å². The van der Waals surface area contributed by atoms with E-state index in [0.29, 0.717) is 6.54 Å². The number of nitrogens with zero attached hydrogens (tertiary/aromatic N) is 3. The van der Waals surface area contributed by atoms with Gasteiger partial charge in [0, 0.05) is 30.7 Å². The highest BCUT2D eigenvalue weighted by Gasteiger charge is 2.36. The molecule has 2 rings (SSSR count). The lowest BCUT2D eigenvalue weighted by Crippen LogP contribution is -2.35. The highest BCUT2D eigenvalue weighted by atomic mass is 79.9. The van der Waals surface area contributed by atoms with Gasteiger partial charge in [0.2, 0.25) is 0 Å². The highest BCUT2D eigenvalue weighted by molar-refractivity contribution is 9.09. The molecule has 0 aromatic carbocycles. The van der Waals surface area contributed by atoms with Gasteiger partial charge in [-0.1, -0.05) is 22.9 Å². The first-order chi connectivity index (χ1) is 10.0. The molecule has 1 aliphatic heterocycles. The quantitative estimate of drug-likeness (QED) is 0.686. The van der Waals surface area contributed by atoms with Gasteiger partial charge in [-0.25, -0.2) is 13.4 Å². The summed E-state index contributed by atoms with van der Waals surface area (Å²) >= 11 is 3.42. The van der Waals surface area contributed by atoms with E-state index in [9.17, 15) is 8.42 Å². The third-order valence-electron chi connectivity index (χ3n) is 3.99. The van der Waals surface area contributed by atoms with Crippen LogP contribution in [0, 0.1) is 6.92 Å². The molecule has 0 saturated carbocycles. The second-order valence-electron chi connectivity index (χ2n) is 5.56. The van der Waals surface area contributed by atoms with Gasteiger partial charge >= 0.3 is 0 Å². The summed E-state index contributed by atoms with van der Waals surface area (Å²) in [5.74, 6) is 0.770. The fraction of sp³-hybridized carbons (Fsp3) is 0.786. The smallest absolute Gasteiger partial charge is 0.262 e. The highest BCUT2D eigenvalue weighted by Crippen LogP contribution is 2.28. The van der Waals surface area contributed by atoms with Gasteiger partial charge in [-0.15, -0.1) is 0 Å². The van der Waals surface area contributed by atoms with Crippen LogP contribution in [0.15, 0.2) is 11.2 Å². The topological polar surface area (TPSA) is 55.2 Å². The number of hydrogen-bond acceptors (Lipinski definition) is 3. The van der Waals surface area contributed by atoms with Crippen molar-refractivity contribution in [1.82, 2.24) is 13.9 Å². The lowest BCUT2D eigenvalue weighted by Gasteiger charge is -2.22. The minimum Gasteiger partial charge on any atom is -0.334 e. The van der Waals surface area contributed by atoms with Gasteiger partial charge in [-0.2, -0.15) is 4.31 Å². The summed E-state index contributed by atoms with van der Waals surface area (Å²) < 4.78 is 29.2. The van der Waals surface area contributed by atoms with E-state index in [2.05, 4.69) is 27.8 Å². The fourth-order valence-electron chi connectivity index (χ4n) is 2.92. The molecule has 0 aliphatic carbocycles. The fourth-order valence-corrected chi connectivity index (χ4v) is 4.96. The van der Waals surface area contributed by atoms with Crippen LogP contribution in [0.2, 0.25) is 0 Å². The molecule has 0 N–H and O–H groups in total. The molecule has 1 aromatic heterocycles. The van der Waals surface area contributed by atoms with Crippen molar-refractivity contribution in [3.05, 3.63) is 12.0 Å². The lowest BCUT2D eigenvalue weighted by atomic mass is 10.1. The van der Waals surface area contributed by atoms with E-state index in [4.69, 9.17) is 0 Å². The zero-order chi connectivity index (χ0) is 15.5. The van der Waals surface area contributed by atoms with Crippen molar-refractivity contribution >= 4 is 26.0 Å². The molecule has 1 aromatic rings. The molecule has 5 nitrogen and oxygen atoms in total. The first-order valence-corrected chi connectivity index (χ1v) is 10.2. The van der Waals surface area contributed by atoms with Gasteiger partial charge in [0.25, 0.3) is 10.0 Å². The third-order valence-corrected chi connectivity index (χ3v) is 6.37. The third kappa shape index (κ3) is 3.68. The van der Waals surface area contributed by atoms with Crippen molar-refractivity contribution in [3.63, 3.8) is 0 Å². The molecule has 1 aliphatic rings. The number of alkyl halides is 1. The van der Waals surface area contributed by atoms with Gasteiger partial charge in [0.05, 0.1) is 0 Å². The Bertz CT molecular complexity index is 571. The Morgan fingerprint density at radius 1 is 1.48 bits per heavy atom. The molecule has 1 unspecified atom stereocenters. The number of hydrogen-bond donors (Lipinski definition) is 0. The molecular weight excluding hydrogens is 354 g/mol. The van der Waals surface area contributed by atoms with Crippen molar-refractivity contribution < 1.29 is 8.42 Å².